The predicted octanol–water partition coefficient (Wildman–Crippen LogP) is 4.95. The Balaban J connectivity index is 2.25. The summed E-state index contributed by atoms with van der Waals surface area (Å²) in [5.41, 5.74) is 3.04. The van der Waals surface area contributed by atoms with Gasteiger partial charge < -0.3 is 9.07 Å². The van der Waals surface area contributed by atoms with Crippen LogP contribution < -0.4 is 0 Å². The molecule has 0 radical (unpaired) electrons. The van der Waals surface area contributed by atoms with Crippen LogP contribution in [0.25, 0.3) is 0 Å². The van der Waals surface area contributed by atoms with Gasteiger partial charge in [-0.25, -0.2) is 0 Å². The number of rotatable bonds is 9. The molecule has 0 nitrogen and oxygen atoms in total. The van der Waals surface area contributed by atoms with Crippen LogP contribution in [0.3, 0.4) is 0 Å². The summed E-state index contributed by atoms with van der Waals surface area (Å²) in [4.78, 5) is 0. The molecular weight excluding hydrogens is 240 g/mol. The fourth-order valence-electron chi connectivity index (χ4n) is 2.24. The van der Waals surface area contributed by atoms with Gasteiger partial charge in [-0.15, -0.1) is 0 Å². The third-order valence-electron chi connectivity index (χ3n) is 3.28. The van der Waals surface area contributed by atoms with Gasteiger partial charge in [0, 0.05) is 0 Å². The molecule has 0 atom stereocenters. The summed E-state index contributed by atoms with van der Waals surface area (Å²) in [6.07, 6.45) is 9.51. The quantitative estimate of drug-likeness (QED) is 0.437. The van der Waals surface area contributed by atoms with Crippen molar-refractivity contribution in [1.82, 2.24) is 0 Å². The molecule has 0 heterocycles. The van der Waals surface area contributed by atoms with E-state index >= 15 is 0 Å². The number of aryl methyl sites for hydroxylation is 1. The van der Waals surface area contributed by atoms with Crippen LogP contribution >= 0.6 is 9.07 Å². The summed E-state index contributed by atoms with van der Waals surface area (Å²) >= 11 is -0.373. The van der Waals surface area contributed by atoms with E-state index in [0.717, 1.165) is 4.55 Å². The largest absolute Gasteiger partial charge is 0.505 e. The smallest absolute Gasteiger partial charge is 0.345 e. The van der Waals surface area contributed by atoms with Gasteiger partial charge in [0.25, 0.3) is 0 Å². The molecule has 0 aromatic heterocycles. The van der Waals surface area contributed by atoms with Crippen molar-refractivity contribution in [3.63, 3.8) is 0 Å². The van der Waals surface area contributed by atoms with Crippen molar-refractivity contribution >= 4 is 28.3 Å². The summed E-state index contributed by atoms with van der Waals surface area (Å²) in [5.74, 6) is 0. The van der Waals surface area contributed by atoms with Gasteiger partial charge in [0.1, 0.15) is 0 Å². The van der Waals surface area contributed by atoms with E-state index in [2.05, 4.69) is 31.2 Å². The molecule has 0 aliphatic heterocycles. The van der Waals surface area contributed by atoms with E-state index in [1.165, 1.54) is 56.1 Å². The average molecular weight is 263 g/mol. The zero-order valence-electron chi connectivity index (χ0n) is 11.1. The highest BCUT2D eigenvalue weighted by Crippen LogP contribution is 2.14. The normalized spacial score (nSPS) is 10.2. The lowest BCUT2D eigenvalue weighted by atomic mass is 10.0. The van der Waals surface area contributed by atoms with Gasteiger partial charge in [0.05, 0.1) is 0 Å². The monoisotopic (exact) mass is 262 g/mol. The van der Waals surface area contributed by atoms with Crippen molar-refractivity contribution < 1.29 is 0 Å². The standard InChI is InChI=1S/C15H23.ClH.Mg/c1-3-4-5-6-7-8-12-15-13-10-9-11-14(15)2;;/h9-11,13H,2-8,12H2,1H3;1H;/q;;+1/p-1. The fraction of sp³-hybridized carbons (Fsp3) is 0.600. The summed E-state index contributed by atoms with van der Waals surface area (Å²) in [7, 11) is 5.97. The van der Waals surface area contributed by atoms with E-state index in [4.69, 9.17) is 9.07 Å². The number of unbranched alkanes of at least 4 members (excludes halogenated alkanes) is 5. The third kappa shape index (κ3) is 6.68. The minimum atomic E-state index is -0.373. The van der Waals surface area contributed by atoms with Crippen LogP contribution in [0.4, 0.5) is 0 Å². The Labute approximate surface area is 120 Å². The third-order valence-corrected chi connectivity index (χ3v) is 4.58. The number of halogens is 1. The number of hydrogen-bond donors (Lipinski definition) is 0. The van der Waals surface area contributed by atoms with Crippen molar-refractivity contribution in [2.24, 2.45) is 0 Å². The Morgan fingerprint density at radius 2 is 1.59 bits per heavy atom. The van der Waals surface area contributed by atoms with E-state index in [1.54, 1.807) is 0 Å². The molecular formula is C15H23ClMg. The van der Waals surface area contributed by atoms with Crippen LogP contribution in [-0.2, 0) is 11.0 Å². The number of benzene rings is 1. The molecule has 0 bridgehead atoms. The molecule has 1 aromatic carbocycles. The van der Waals surface area contributed by atoms with E-state index in [9.17, 15) is 0 Å². The zero-order chi connectivity index (χ0) is 12.3. The minimum Gasteiger partial charge on any atom is -0.345 e. The van der Waals surface area contributed by atoms with E-state index in [-0.39, 0.29) is 19.3 Å². The van der Waals surface area contributed by atoms with Crippen LogP contribution in [0.2, 0.25) is 0 Å². The summed E-state index contributed by atoms with van der Waals surface area (Å²) < 4.78 is 1.15. The SMILES string of the molecule is CCCCCCCCc1ccccc1[CH2][Mg][Cl]. The Morgan fingerprint density at radius 3 is 2.29 bits per heavy atom. The number of hydrogen-bond acceptors (Lipinski definition) is 0. The van der Waals surface area contributed by atoms with Crippen LogP contribution in [0.15, 0.2) is 24.3 Å². The summed E-state index contributed by atoms with van der Waals surface area (Å²) in [5, 5.41) is 0. The van der Waals surface area contributed by atoms with Gasteiger partial charge in [-0.1, -0.05) is 73.4 Å². The van der Waals surface area contributed by atoms with Crippen LogP contribution in [0.1, 0.15) is 56.6 Å². The van der Waals surface area contributed by atoms with Gasteiger partial charge in [0.2, 0.25) is 0 Å². The second-order valence-corrected chi connectivity index (χ2v) is 6.74. The minimum absolute atomic E-state index is 0.373. The molecule has 17 heavy (non-hydrogen) atoms. The lowest BCUT2D eigenvalue weighted by Gasteiger charge is -2.08. The maximum absolute atomic E-state index is 5.97. The van der Waals surface area contributed by atoms with Gasteiger partial charge in [-0.05, 0) is 18.4 Å². The van der Waals surface area contributed by atoms with Crippen LogP contribution in [0.5, 0.6) is 0 Å². The van der Waals surface area contributed by atoms with Crippen molar-refractivity contribution in [3.8, 4) is 0 Å². The van der Waals surface area contributed by atoms with Gasteiger partial charge in [0.15, 0.2) is 0 Å². The first-order chi connectivity index (χ1) is 8.38. The summed E-state index contributed by atoms with van der Waals surface area (Å²) in [6.45, 7) is 2.27. The highest BCUT2D eigenvalue weighted by molar-refractivity contribution is 6.93. The molecule has 1 rings (SSSR count). The Kier molecular flexibility index (Phi) is 9.22. The highest BCUT2D eigenvalue weighted by Gasteiger charge is 2.02. The molecule has 1 aromatic rings. The molecule has 0 spiro atoms. The Hall–Kier alpha value is 0.276. The highest BCUT2D eigenvalue weighted by atomic mass is 35.5. The lowest BCUT2D eigenvalue weighted by Crippen LogP contribution is -1.97. The predicted molar refractivity (Wildman–Crippen MR) is 78.8 cm³/mol. The topological polar surface area (TPSA) is 0 Å². The lowest BCUT2D eigenvalue weighted by molar-refractivity contribution is 0.607. The zero-order valence-corrected chi connectivity index (χ0v) is 13.2. The maximum atomic E-state index is 5.97. The second-order valence-electron chi connectivity index (χ2n) is 4.73. The average Bonchev–Trinajstić information content (AvgIpc) is 2.36. The van der Waals surface area contributed by atoms with Gasteiger partial charge in [-0.2, -0.15) is 0 Å². The van der Waals surface area contributed by atoms with Crippen LogP contribution in [0, 0.1) is 0 Å². The van der Waals surface area contributed by atoms with Gasteiger partial charge in [-0.3, -0.25) is 0 Å². The summed E-state index contributed by atoms with van der Waals surface area (Å²) in [6, 6.07) is 8.83. The van der Waals surface area contributed by atoms with Crippen molar-refractivity contribution in [1.29, 1.82) is 0 Å². The van der Waals surface area contributed by atoms with Crippen molar-refractivity contribution in [3.05, 3.63) is 35.4 Å². The van der Waals surface area contributed by atoms with Crippen molar-refractivity contribution in [2.45, 2.75) is 56.4 Å². The molecule has 2 heteroatoms. The van der Waals surface area contributed by atoms with E-state index in [0.29, 0.717) is 0 Å². The van der Waals surface area contributed by atoms with E-state index < -0.39 is 0 Å². The molecule has 0 aliphatic rings. The first kappa shape index (κ1) is 15.3. The molecule has 0 saturated carbocycles. The van der Waals surface area contributed by atoms with Gasteiger partial charge >= 0.3 is 19.3 Å². The van der Waals surface area contributed by atoms with Crippen LogP contribution in [-0.4, -0.2) is 19.3 Å². The first-order valence-corrected chi connectivity index (χ1v) is 10.1. The molecule has 0 amide bonds. The molecule has 0 N–H and O–H groups in total. The first-order valence-electron chi connectivity index (χ1n) is 7.01. The molecule has 0 fully saturated rings. The Morgan fingerprint density at radius 1 is 0.941 bits per heavy atom. The molecule has 0 saturated heterocycles. The molecule has 92 valence electrons. The Bertz CT molecular complexity index is 299. The molecule has 0 aliphatic carbocycles. The fourth-order valence-corrected chi connectivity index (χ4v) is 3.55. The van der Waals surface area contributed by atoms with Crippen molar-refractivity contribution in [2.75, 3.05) is 0 Å². The second kappa shape index (κ2) is 10.2. The van der Waals surface area contributed by atoms with E-state index in [1.807, 2.05) is 0 Å². The maximum Gasteiger partial charge on any atom is 0.505 e. The molecule has 0 unspecified atom stereocenters.